The van der Waals surface area contributed by atoms with Crippen LogP contribution < -0.4 is 10.6 Å². The fourth-order valence-corrected chi connectivity index (χ4v) is 4.13. The fraction of sp³-hybridized carbons (Fsp3) is 0.316. The van der Waals surface area contributed by atoms with E-state index in [0.29, 0.717) is 15.7 Å². The maximum absolute atomic E-state index is 13.7. The van der Waals surface area contributed by atoms with Gasteiger partial charge in [-0.15, -0.1) is 0 Å². The van der Waals surface area contributed by atoms with Gasteiger partial charge in [-0.25, -0.2) is 0 Å². The minimum atomic E-state index is -5.01. The zero-order valence-electron chi connectivity index (χ0n) is 16.0. The molecule has 0 saturated carbocycles. The second kappa shape index (κ2) is 10.5. The molecule has 0 radical (unpaired) electrons. The van der Waals surface area contributed by atoms with Crippen LogP contribution in [0.15, 0.2) is 40.9 Å². The Labute approximate surface area is 197 Å². The van der Waals surface area contributed by atoms with Crippen molar-refractivity contribution in [3.8, 4) is 0 Å². The summed E-state index contributed by atoms with van der Waals surface area (Å²) < 4.78 is 52.7. The molecule has 0 saturated heterocycles. The number of rotatable bonds is 8. The average Bonchev–Trinajstić information content (AvgIpc) is 2.63. The van der Waals surface area contributed by atoms with Crippen LogP contribution in [0.3, 0.4) is 0 Å². The minimum absolute atomic E-state index is 0.0359. The maximum atomic E-state index is 13.7. The average molecular weight is 562 g/mol. The van der Waals surface area contributed by atoms with Gasteiger partial charge in [-0.2, -0.15) is 13.2 Å². The van der Waals surface area contributed by atoms with Crippen LogP contribution in [0.2, 0.25) is 10.0 Å². The topological polar surface area (TPSA) is 78.4 Å². The Morgan fingerprint density at radius 3 is 2.29 bits per heavy atom. The first-order valence-electron chi connectivity index (χ1n) is 8.66. The lowest BCUT2D eigenvalue weighted by Gasteiger charge is -2.32. The quantitative estimate of drug-likeness (QED) is 0.440. The number of benzene rings is 2. The molecule has 0 unspecified atom stereocenters. The van der Waals surface area contributed by atoms with Crippen molar-refractivity contribution in [2.45, 2.75) is 18.3 Å². The van der Waals surface area contributed by atoms with E-state index in [1.807, 2.05) is 0 Å². The van der Waals surface area contributed by atoms with Gasteiger partial charge >= 0.3 is 6.18 Å². The lowest BCUT2D eigenvalue weighted by atomic mass is 9.92. The van der Waals surface area contributed by atoms with Gasteiger partial charge in [-0.3, -0.25) is 9.00 Å². The van der Waals surface area contributed by atoms with Crippen molar-refractivity contribution >= 4 is 61.5 Å². The first kappa shape index (κ1) is 25.9. The molecule has 0 aliphatic heterocycles. The summed E-state index contributed by atoms with van der Waals surface area (Å²) in [7, 11) is -1.27. The smallest absolute Gasteiger partial charge is 0.381 e. The summed E-state index contributed by atoms with van der Waals surface area (Å²) in [6.07, 6.45) is -3.59. The third-order valence-corrected chi connectivity index (χ3v) is 6.06. The Morgan fingerprint density at radius 2 is 1.77 bits per heavy atom. The van der Waals surface area contributed by atoms with Gasteiger partial charge in [-0.1, -0.05) is 45.2 Å². The van der Waals surface area contributed by atoms with Gasteiger partial charge in [0, 0.05) is 43.8 Å². The molecule has 0 aliphatic carbocycles. The van der Waals surface area contributed by atoms with Crippen molar-refractivity contribution in [2.24, 2.45) is 0 Å². The third kappa shape index (κ3) is 7.08. The Kier molecular flexibility index (Phi) is 8.80. The van der Waals surface area contributed by atoms with Crippen molar-refractivity contribution in [1.82, 2.24) is 5.32 Å². The van der Waals surface area contributed by atoms with Crippen molar-refractivity contribution in [3.63, 3.8) is 0 Å². The van der Waals surface area contributed by atoms with Crippen LogP contribution >= 0.6 is 39.1 Å². The van der Waals surface area contributed by atoms with Crippen LogP contribution in [0, 0.1) is 0 Å². The Bertz CT molecular complexity index is 974. The third-order valence-electron chi connectivity index (χ3n) is 4.22. The molecule has 3 N–H and O–H groups in total. The van der Waals surface area contributed by atoms with Crippen LogP contribution in [0.5, 0.6) is 0 Å². The van der Waals surface area contributed by atoms with E-state index in [1.165, 1.54) is 24.5 Å². The lowest BCUT2D eigenvalue weighted by Crippen LogP contribution is -2.47. The summed E-state index contributed by atoms with van der Waals surface area (Å²) in [6.45, 7) is -0.748. The van der Waals surface area contributed by atoms with Gasteiger partial charge in [0.2, 0.25) is 11.5 Å². The number of carbonyl (C=O) groups is 1. The highest BCUT2D eigenvalue weighted by molar-refractivity contribution is 9.10. The monoisotopic (exact) mass is 560 g/mol. The molecule has 0 aromatic heterocycles. The van der Waals surface area contributed by atoms with Crippen LogP contribution in [0.4, 0.5) is 18.9 Å². The van der Waals surface area contributed by atoms with Gasteiger partial charge < -0.3 is 15.7 Å². The molecule has 1 amide bonds. The van der Waals surface area contributed by atoms with E-state index in [-0.39, 0.29) is 28.3 Å². The molecule has 12 heteroatoms. The molecular weight excluding hydrogens is 544 g/mol. The molecule has 0 bridgehead atoms. The second-order valence-electron chi connectivity index (χ2n) is 6.67. The molecule has 2 atom stereocenters. The molecule has 0 heterocycles. The molecular formula is C19H18BrCl2F3N2O3S. The first-order valence-corrected chi connectivity index (χ1v) is 11.9. The zero-order chi connectivity index (χ0) is 23.4. The molecule has 170 valence electrons. The predicted octanol–water partition coefficient (Wildman–Crippen LogP) is 4.61. The predicted molar refractivity (Wildman–Crippen MR) is 120 cm³/mol. The maximum Gasteiger partial charge on any atom is 0.423 e. The number of hydrogen-bond acceptors (Lipinski definition) is 4. The van der Waals surface area contributed by atoms with Crippen molar-refractivity contribution in [3.05, 3.63) is 62.0 Å². The molecule has 2 aromatic rings. The standard InChI is InChI=1S/C19H18BrCl2F3N2O3S/c1-31(30)9-17(28)26-8-11-2-3-15(7-16(11)20)27-10-18(29,19(23,24)25)12-4-13(21)6-14(22)5-12/h2-7,27,29H,8-10H2,1H3,(H,26,28)/t18-,31+/m1/s1. The molecule has 5 nitrogen and oxygen atoms in total. The highest BCUT2D eigenvalue weighted by Gasteiger charge is 2.55. The number of carbonyl (C=O) groups excluding carboxylic acids is 1. The van der Waals surface area contributed by atoms with E-state index in [9.17, 15) is 27.3 Å². The second-order valence-corrected chi connectivity index (χ2v) is 9.83. The van der Waals surface area contributed by atoms with Gasteiger partial charge in [0.05, 0.1) is 6.54 Å². The van der Waals surface area contributed by atoms with Gasteiger partial charge in [0.25, 0.3) is 0 Å². The Balaban J connectivity index is 2.16. The summed E-state index contributed by atoms with van der Waals surface area (Å²) in [4.78, 5) is 11.6. The van der Waals surface area contributed by atoms with Crippen LogP contribution in [-0.4, -0.2) is 40.0 Å². The molecule has 0 aliphatic rings. The summed E-state index contributed by atoms with van der Waals surface area (Å²) in [5, 5.41) is 15.6. The van der Waals surface area contributed by atoms with Crippen LogP contribution in [0.25, 0.3) is 0 Å². The Hall–Kier alpha value is -1.33. The highest BCUT2D eigenvalue weighted by Crippen LogP contribution is 2.41. The summed E-state index contributed by atoms with van der Waals surface area (Å²) in [5.41, 5.74) is -2.77. The number of hydrogen-bond donors (Lipinski definition) is 3. The molecule has 0 spiro atoms. The van der Waals surface area contributed by atoms with Crippen molar-refractivity contribution in [2.75, 3.05) is 23.9 Å². The Morgan fingerprint density at radius 1 is 1.16 bits per heavy atom. The molecule has 2 aromatic carbocycles. The van der Waals surface area contributed by atoms with E-state index < -0.39 is 34.7 Å². The number of nitrogens with one attached hydrogen (secondary N) is 2. The van der Waals surface area contributed by atoms with Crippen molar-refractivity contribution in [1.29, 1.82) is 0 Å². The minimum Gasteiger partial charge on any atom is -0.381 e. The fourth-order valence-electron chi connectivity index (χ4n) is 2.62. The van der Waals surface area contributed by atoms with E-state index in [2.05, 4.69) is 26.6 Å². The number of halogens is 6. The van der Waals surface area contributed by atoms with E-state index in [0.717, 1.165) is 12.1 Å². The summed E-state index contributed by atoms with van der Waals surface area (Å²) >= 11 is 14.9. The molecule has 2 rings (SSSR count). The van der Waals surface area contributed by atoms with Crippen molar-refractivity contribution < 1.29 is 27.3 Å². The summed E-state index contributed by atoms with van der Waals surface area (Å²) in [5.74, 6) is -0.508. The van der Waals surface area contributed by atoms with Gasteiger partial charge in [0.1, 0.15) is 5.75 Å². The van der Waals surface area contributed by atoms with E-state index >= 15 is 0 Å². The molecule has 31 heavy (non-hydrogen) atoms. The number of anilines is 1. The lowest BCUT2D eigenvalue weighted by molar-refractivity contribution is -0.260. The van der Waals surface area contributed by atoms with Crippen LogP contribution in [0.1, 0.15) is 11.1 Å². The van der Waals surface area contributed by atoms with E-state index in [1.54, 1.807) is 6.07 Å². The summed E-state index contributed by atoms with van der Waals surface area (Å²) in [6, 6.07) is 7.90. The largest absolute Gasteiger partial charge is 0.423 e. The SMILES string of the molecule is C[S@](=O)CC(=O)NCc1ccc(NC[C@@](O)(c2cc(Cl)cc(Cl)c2)C(F)(F)F)cc1Br. The molecule has 0 fully saturated rings. The number of alkyl halides is 3. The zero-order valence-corrected chi connectivity index (χ0v) is 19.9. The van der Waals surface area contributed by atoms with E-state index in [4.69, 9.17) is 23.2 Å². The normalized spacial score (nSPS) is 14.6. The van der Waals surface area contributed by atoms with Crippen LogP contribution in [-0.2, 0) is 27.7 Å². The number of amides is 1. The van der Waals surface area contributed by atoms with Gasteiger partial charge in [0.15, 0.2) is 0 Å². The van der Waals surface area contributed by atoms with Gasteiger partial charge in [-0.05, 0) is 41.5 Å². The highest BCUT2D eigenvalue weighted by atomic mass is 79.9. The first-order chi connectivity index (χ1) is 14.3. The number of aliphatic hydroxyl groups is 1.